The van der Waals surface area contributed by atoms with E-state index in [9.17, 15) is 9.18 Å². The molecule has 1 fully saturated rings. The second-order valence-corrected chi connectivity index (χ2v) is 5.11. The van der Waals surface area contributed by atoms with Crippen LogP contribution in [0.5, 0.6) is 0 Å². The Balaban J connectivity index is 2.13. The third-order valence-corrected chi connectivity index (χ3v) is 3.45. The number of morpholine rings is 1. The average Bonchev–Trinajstić information content (AvgIpc) is 2.33. The summed E-state index contributed by atoms with van der Waals surface area (Å²) in [6.45, 7) is 1.73. The maximum absolute atomic E-state index is 13.7. The Morgan fingerprint density at radius 1 is 1.61 bits per heavy atom. The highest BCUT2D eigenvalue weighted by Crippen LogP contribution is 2.18. The van der Waals surface area contributed by atoms with Crippen molar-refractivity contribution in [2.24, 2.45) is 5.73 Å². The molecule has 1 aliphatic heterocycles. The highest BCUT2D eigenvalue weighted by Gasteiger charge is 2.28. The van der Waals surface area contributed by atoms with E-state index in [0.29, 0.717) is 29.7 Å². The third-order valence-electron chi connectivity index (χ3n) is 2.96. The van der Waals surface area contributed by atoms with Gasteiger partial charge >= 0.3 is 0 Å². The molecule has 1 aromatic rings. The van der Waals surface area contributed by atoms with Gasteiger partial charge in [0.1, 0.15) is 11.9 Å². The smallest absolute Gasteiger partial charge is 0.237 e. The highest BCUT2D eigenvalue weighted by atomic mass is 79.9. The summed E-state index contributed by atoms with van der Waals surface area (Å²) in [5.74, 6) is -0.730. The zero-order chi connectivity index (χ0) is 13.1. The number of primary amides is 1. The monoisotopic (exact) mass is 316 g/mol. The van der Waals surface area contributed by atoms with E-state index >= 15 is 0 Å². The van der Waals surface area contributed by atoms with Crippen molar-refractivity contribution in [1.82, 2.24) is 4.90 Å². The summed E-state index contributed by atoms with van der Waals surface area (Å²) in [5.41, 5.74) is 5.86. The van der Waals surface area contributed by atoms with Gasteiger partial charge < -0.3 is 10.5 Å². The predicted molar refractivity (Wildman–Crippen MR) is 68.3 cm³/mol. The lowest BCUT2D eigenvalue weighted by molar-refractivity contribution is -0.129. The van der Waals surface area contributed by atoms with Crippen LogP contribution in [0.2, 0.25) is 0 Å². The summed E-state index contributed by atoms with van der Waals surface area (Å²) in [4.78, 5) is 13.1. The molecule has 0 bridgehead atoms. The summed E-state index contributed by atoms with van der Waals surface area (Å²) in [5, 5.41) is 0. The number of halogens is 2. The van der Waals surface area contributed by atoms with Gasteiger partial charge in [0, 0.05) is 23.1 Å². The first-order valence-corrected chi connectivity index (χ1v) is 6.42. The number of rotatable bonds is 3. The van der Waals surface area contributed by atoms with Crippen LogP contribution < -0.4 is 5.73 Å². The lowest BCUT2D eigenvalue weighted by Gasteiger charge is -2.33. The van der Waals surface area contributed by atoms with E-state index in [-0.39, 0.29) is 12.4 Å². The number of benzene rings is 1. The Labute approximate surface area is 113 Å². The van der Waals surface area contributed by atoms with Crippen molar-refractivity contribution in [3.8, 4) is 0 Å². The summed E-state index contributed by atoms with van der Waals surface area (Å²) in [6, 6.07) is 4.40. The van der Waals surface area contributed by atoms with Gasteiger partial charge in [-0.05, 0) is 12.1 Å². The van der Waals surface area contributed by atoms with E-state index in [1.807, 2.05) is 4.90 Å². The number of amides is 1. The number of nitrogens with two attached hydrogens (primary N) is 1. The zero-order valence-electron chi connectivity index (χ0n) is 9.73. The Morgan fingerprint density at radius 3 is 3.06 bits per heavy atom. The number of nitrogens with zero attached hydrogens (tertiary/aromatic N) is 1. The van der Waals surface area contributed by atoms with Crippen LogP contribution >= 0.6 is 15.9 Å². The molecule has 2 rings (SSSR count). The minimum Gasteiger partial charge on any atom is -0.378 e. The Morgan fingerprint density at radius 2 is 2.39 bits per heavy atom. The molecule has 1 atom stereocenters. The van der Waals surface area contributed by atoms with Crippen LogP contribution in [0, 0.1) is 5.82 Å². The van der Waals surface area contributed by atoms with Crippen molar-refractivity contribution < 1.29 is 13.9 Å². The number of ether oxygens (including phenoxy) is 1. The second kappa shape index (κ2) is 5.77. The molecule has 1 heterocycles. The molecule has 0 radical (unpaired) electrons. The molecule has 1 aliphatic rings. The van der Waals surface area contributed by atoms with E-state index in [2.05, 4.69) is 15.9 Å². The van der Waals surface area contributed by atoms with Gasteiger partial charge in [-0.25, -0.2) is 4.39 Å². The number of carbonyl (C=O) groups is 1. The van der Waals surface area contributed by atoms with Crippen molar-refractivity contribution in [3.05, 3.63) is 34.1 Å². The molecule has 1 amide bonds. The lowest BCUT2D eigenvalue weighted by Crippen LogP contribution is -2.51. The minimum absolute atomic E-state index is 0.271. The van der Waals surface area contributed by atoms with Crippen LogP contribution in [0.25, 0.3) is 0 Å². The number of hydrogen-bond acceptors (Lipinski definition) is 3. The molecular weight excluding hydrogens is 303 g/mol. The van der Waals surface area contributed by atoms with E-state index < -0.39 is 11.9 Å². The van der Waals surface area contributed by atoms with Gasteiger partial charge in [-0.15, -0.1) is 0 Å². The molecule has 1 saturated heterocycles. The molecule has 18 heavy (non-hydrogen) atoms. The lowest BCUT2D eigenvalue weighted by atomic mass is 10.1. The fourth-order valence-corrected chi connectivity index (χ4v) is 2.29. The average molecular weight is 317 g/mol. The van der Waals surface area contributed by atoms with Crippen LogP contribution in [0.3, 0.4) is 0 Å². The standard InChI is InChI=1S/C12H14BrFN2O2/c13-9-2-1-8(10(14)5-9)6-16-3-4-18-7-11(16)12(15)17/h1-2,5,11H,3-4,6-7H2,(H2,15,17). The van der Waals surface area contributed by atoms with Gasteiger partial charge in [-0.3, -0.25) is 9.69 Å². The molecule has 0 spiro atoms. The SMILES string of the molecule is NC(=O)C1COCCN1Cc1ccc(Br)cc1F. The van der Waals surface area contributed by atoms with Crippen LogP contribution in [-0.2, 0) is 16.1 Å². The van der Waals surface area contributed by atoms with Crippen LogP contribution in [0.1, 0.15) is 5.56 Å². The normalized spacial score (nSPS) is 20.9. The first-order chi connectivity index (χ1) is 8.58. The predicted octanol–water partition coefficient (Wildman–Crippen LogP) is 1.27. The maximum atomic E-state index is 13.7. The molecule has 0 saturated carbocycles. The Hall–Kier alpha value is -0.980. The van der Waals surface area contributed by atoms with Crippen LogP contribution in [0.4, 0.5) is 4.39 Å². The number of carbonyl (C=O) groups excluding carboxylic acids is 1. The van der Waals surface area contributed by atoms with E-state index in [4.69, 9.17) is 10.5 Å². The fraction of sp³-hybridized carbons (Fsp3) is 0.417. The number of hydrogen-bond donors (Lipinski definition) is 1. The quantitative estimate of drug-likeness (QED) is 0.913. The second-order valence-electron chi connectivity index (χ2n) is 4.20. The molecule has 4 nitrogen and oxygen atoms in total. The fourth-order valence-electron chi connectivity index (χ4n) is 1.96. The first-order valence-electron chi connectivity index (χ1n) is 5.63. The van der Waals surface area contributed by atoms with Crippen molar-refractivity contribution in [2.75, 3.05) is 19.8 Å². The molecule has 0 aromatic heterocycles. The largest absolute Gasteiger partial charge is 0.378 e. The van der Waals surface area contributed by atoms with Crippen molar-refractivity contribution in [2.45, 2.75) is 12.6 Å². The topological polar surface area (TPSA) is 55.6 Å². The summed E-state index contributed by atoms with van der Waals surface area (Å²) < 4.78 is 19.6. The third kappa shape index (κ3) is 3.07. The van der Waals surface area contributed by atoms with Gasteiger partial charge in [-0.1, -0.05) is 22.0 Å². The Bertz CT molecular complexity index is 456. The zero-order valence-corrected chi connectivity index (χ0v) is 11.3. The van der Waals surface area contributed by atoms with E-state index in [1.54, 1.807) is 12.1 Å². The van der Waals surface area contributed by atoms with Gasteiger partial charge in [-0.2, -0.15) is 0 Å². The summed E-state index contributed by atoms with van der Waals surface area (Å²) >= 11 is 3.21. The van der Waals surface area contributed by atoms with Crippen LogP contribution in [-0.4, -0.2) is 36.6 Å². The Kier molecular flexibility index (Phi) is 4.31. The van der Waals surface area contributed by atoms with Crippen molar-refractivity contribution in [1.29, 1.82) is 0 Å². The molecule has 0 aliphatic carbocycles. The van der Waals surface area contributed by atoms with Crippen molar-refractivity contribution in [3.63, 3.8) is 0 Å². The highest BCUT2D eigenvalue weighted by molar-refractivity contribution is 9.10. The van der Waals surface area contributed by atoms with Gasteiger partial charge in [0.05, 0.1) is 13.2 Å². The molecule has 1 unspecified atom stereocenters. The molecule has 6 heteroatoms. The van der Waals surface area contributed by atoms with Gasteiger partial charge in [0.25, 0.3) is 0 Å². The molecular formula is C12H14BrFN2O2. The summed E-state index contributed by atoms with van der Waals surface area (Å²) in [7, 11) is 0. The molecule has 1 aromatic carbocycles. The van der Waals surface area contributed by atoms with E-state index in [0.717, 1.165) is 0 Å². The van der Waals surface area contributed by atoms with Crippen molar-refractivity contribution >= 4 is 21.8 Å². The molecule has 2 N–H and O–H groups in total. The van der Waals surface area contributed by atoms with Gasteiger partial charge in [0.15, 0.2) is 0 Å². The van der Waals surface area contributed by atoms with E-state index in [1.165, 1.54) is 6.07 Å². The summed E-state index contributed by atoms with van der Waals surface area (Å²) in [6.07, 6.45) is 0. The minimum atomic E-state index is -0.484. The molecule has 98 valence electrons. The maximum Gasteiger partial charge on any atom is 0.237 e. The van der Waals surface area contributed by atoms with Gasteiger partial charge in [0.2, 0.25) is 5.91 Å². The first kappa shape index (κ1) is 13.5. The van der Waals surface area contributed by atoms with Crippen LogP contribution in [0.15, 0.2) is 22.7 Å².